The van der Waals surface area contributed by atoms with Gasteiger partial charge in [0, 0.05) is 11.8 Å². The Morgan fingerprint density at radius 1 is 1.07 bits per heavy atom. The summed E-state index contributed by atoms with van der Waals surface area (Å²) in [6.45, 7) is 4.10. The number of carbonyl (C=O) groups is 2. The number of ether oxygens (including phenoxy) is 2. The summed E-state index contributed by atoms with van der Waals surface area (Å²) in [4.78, 5) is 23.2. The second kappa shape index (κ2) is 7.09. The van der Waals surface area contributed by atoms with Crippen molar-refractivity contribution < 1.29 is 29.3 Å². The molecule has 30 heavy (non-hydrogen) atoms. The zero-order valence-electron chi connectivity index (χ0n) is 18.0. The predicted molar refractivity (Wildman–Crippen MR) is 108 cm³/mol. The third-order valence-corrected chi connectivity index (χ3v) is 9.73. The van der Waals surface area contributed by atoms with E-state index in [1.807, 2.05) is 0 Å². The van der Waals surface area contributed by atoms with Crippen molar-refractivity contribution in [2.24, 2.45) is 35.0 Å². The molecule has 0 aromatic heterocycles. The molecule has 168 valence electrons. The van der Waals surface area contributed by atoms with Crippen LogP contribution in [-0.2, 0) is 14.3 Å². The molecule has 0 aromatic rings. The zero-order chi connectivity index (χ0) is 21.3. The molecular formula is C23H35NO6. The molecule has 10 atom stereocenters. The molecule has 7 nitrogen and oxygen atoms in total. The Morgan fingerprint density at radius 2 is 1.83 bits per heavy atom. The summed E-state index contributed by atoms with van der Waals surface area (Å²) in [6, 6.07) is 0. The highest BCUT2D eigenvalue weighted by molar-refractivity contribution is 5.76. The van der Waals surface area contributed by atoms with Gasteiger partial charge in [-0.15, -0.1) is 0 Å². The Bertz CT molecular complexity index is 728. The summed E-state index contributed by atoms with van der Waals surface area (Å²) in [5.41, 5.74) is 0.0724. The van der Waals surface area contributed by atoms with E-state index in [0.717, 1.165) is 32.1 Å². The van der Waals surface area contributed by atoms with Gasteiger partial charge < -0.3 is 25.0 Å². The lowest BCUT2D eigenvalue weighted by molar-refractivity contribution is -0.294. The molecule has 7 heteroatoms. The molecule has 4 aliphatic carbocycles. The smallest absolute Gasteiger partial charge is 0.407 e. The average Bonchev–Trinajstić information content (AvgIpc) is 3.00. The van der Waals surface area contributed by atoms with Crippen LogP contribution in [0.25, 0.3) is 0 Å². The molecule has 1 amide bonds. The van der Waals surface area contributed by atoms with E-state index < -0.39 is 18.6 Å². The summed E-state index contributed by atoms with van der Waals surface area (Å²) >= 11 is 0. The van der Waals surface area contributed by atoms with Gasteiger partial charge in [0.15, 0.2) is 0 Å². The predicted octanol–water partition coefficient (Wildman–Crippen LogP) is 2.95. The topological polar surface area (TPSA) is 105 Å². The summed E-state index contributed by atoms with van der Waals surface area (Å²) in [5.74, 6) is 1.26. The first-order valence-corrected chi connectivity index (χ1v) is 11.8. The lowest BCUT2D eigenvalue weighted by Crippen LogP contribution is -2.66. The number of aliphatic hydroxyl groups is 1. The quantitative estimate of drug-likeness (QED) is 0.647. The molecule has 1 heterocycles. The van der Waals surface area contributed by atoms with Crippen LogP contribution in [0.15, 0.2) is 0 Å². The number of alkyl carbamates (subject to hydrolysis) is 1. The summed E-state index contributed by atoms with van der Waals surface area (Å²) < 4.78 is 12.3. The van der Waals surface area contributed by atoms with E-state index in [9.17, 15) is 14.7 Å². The van der Waals surface area contributed by atoms with Crippen LogP contribution in [-0.4, -0.2) is 52.7 Å². The van der Waals surface area contributed by atoms with Gasteiger partial charge in [0.2, 0.25) is 0 Å². The second-order valence-corrected chi connectivity index (χ2v) is 10.8. The first kappa shape index (κ1) is 20.6. The van der Waals surface area contributed by atoms with Gasteiger partial charge in [-0.2, -0.15) is 0 Å². The fourth-order valence-corrected chi connectivity index (χ4v) is 8.58. The Kier molecular flexibility index (Phi) is 4.86. The molecule has 5 fully saturated rings. The SMILES string of the molecule is C[C@H]1O[C@]23CC[C@H]4[C@@H](C[C@H](OC(=O)NCC(=O)O)[C@H]5C[C@@H](O)CC[C@@]54C)[C@@H]2CCC13. The van der Waals surface area contributed by atoms with Crippen LogP contribution < -0.4 is 5.32 Å². The summed E-state index contributed by atoms with van der Waals surface area (Å²) in [7, 11) is 0. The number of rotatable bonds is 3. The van der Waals surface area contributed by atoms with Crippen molar-refractivity contribution in [3.8, 4) is 0 Å². The minimum Gasteiger partial charge on any atom is -0.480 e. The maximum absolute atomic E-state index is 12.3. The van der Waals surface area contributed by atoms with E-state index >= 15 is 0 Å². The zero-order valence-corrected chi connectivity index (χ0v) is 18.0. The maximum Gasteiger partial charge on any atom is 0.407 e. The largest absolute Gasteiger partial charge is 0.480 e. The minimum absolute atomic E-state index is 0.0358. The number of carbonyl (C=O) groups excluding carboxylic acids is 1. The van der Waals surface area contributed by atoms with Crippen LogP contribution in [0, 0.1) is 35.0 Å². The number of aliphatic hydroxyl groups excluding tert-OH is 1. The lowest BCUT2D eigenvalue weighted by Gasteiger charge is -2.65. The van der Waals surface area contributed by atoms with Gasteiger partial charge in [0.1, 0.15) is 12.6 Å². The number of hydrogen-bond donors (Lipinski definition) is 3. The molecule has 4 saturated carbocycles. The lowest BCUT2D eigenvalue weighted by atomic mass is 9.45. The van der Waals surface area contributed by atoms with E-state index in [-0.39, 0.29) is 29.1 Å². The summed E-state index contributed by atoms with van der Waals surface area (Å²) in [6.07, 6.45) is 7.00. The molecule has 3 N–H and O–H groups in total. The van der Waals surface area contributed by atoms with E-state index in [4.69, 9.17) is 14.6 Å². The van der Waals surface area contributed by atoms with Crippen molar-refractivity contribution in [2.45, 2.75) is 89.1 Å². The fourth-order valence-electron chi connectivity index (χ4n) is 8.58. The van der Waals surface area contributed by atoms with Crippen molar-refractivity contribution >= 4 is 12.1 Å². The molecule has 0 bridgehead atoms. The highest BCUT2D eigenvalue weighted by Gasteiger charge is 2.69. The van der Waals surface area contributed by atoms with Crippen LogP contribution in [0.3, 0.4) is 0 Å². The third kappa shape index (κ3) is 2.91. The number of amides is 1. The number of nitrogens with one attached hydrogen (secondary N) is 1. The van der Waals surface area contributed by atoms with Crippen molar-refractivity contribution in [3.63, 3.8) is 0 Å². The Morgan fingerprint density at radius 3 is 2.57 bits per heavy atom. The summed E-state index contributed by atoms with van der Waals surface area (Å²) in [5, 5.41) is 21.6. The van der Waals surface area contributed by atoms with E-state index in [0.29, 0.717) is 36.2 Å². The van der Waals surface area contributed by atoms with Crippen LogP contribution in [0.1, 0.15) is 65.2 Å². The average molecular weight is 422 g/mol. The molecular weight excluding hydrogens is 386 g/mol. The second-order valence-electron chi connectivity index (χ2n) is 10.8. The normalized spacial score (nSPS) is 51.4. The number of carboxylic acid groups (broad SMARTS) is 1. The van der Waals surface area contributed by atoms with Gasteiger partial charge in [-0.1, -0.05) is 6.92 Å². The van der Waals surface area contributed by atoms with Crippen molar-refractivity contribution in [3.05, 3.63) is 0 Å². The van der Waals surface area contributed by atoms with Crippen LogP contribution >= 0.6 is 0 Å². The number of aliphatic carboxylic acids is 1. The molecule has 0 radical (unpaired) electrons. The standard InChI is InChI=1S/C23H35NO6/c1-12-15-3-4-17-14-10-19(29-21(28)24-11-20(26)27)18-9-13(25)5-7-22(18,2)16(14)6-8-23(15,17)30-12/h12-19,25H,3-11H2,1-2H3,(H,24,28)(H,26,27)/t12-,13+,14-,15?,16+,17+,18-,19+,22-,23+/m1/s1. The van der Waals surface area contributed by atoms with Gasteiger partial charge in [0.05, 0.1) is 17.8 Å². The van der Waals surface area contributed by atoms with Crippen LogP contribution in [0.5, 0.6) is 0 Å². The van der Waals surface area contributed by atoms with Crippen LogP contribution in [0.2, 0.25) is 0 Å². The Balaban J connectivity index is 1.40. The molecule has 5 aliphatic rings. The van der Waals surface area contributed by atoms with E-state index in [2.05, 4.69) is 19.2 Å². The molecule has 1 unspecified atom stereocenters. The number of carboxylic acids is 1. The van der Waals surface area contributed by atoms with Crippen molar-refractivity contribution in [1.82, 2.24) is 5.32 Å². The highest BCUT2D eigenvalue weighted by atomic mass is 16.6. The van der Waals surface area contributed by atoms with Crippen molar-refractivity contribution in [2.75, 3.05) is 6.54 Å². The van der Waals surface area contributed by atoms with Gasteiger partial charge in [0.25, 0.3) is 0 Å². The number of hydrogen-bond acceptors (Lipinski definition) is 5. The molecule has 1 saturated heterocycles. The first-order valence-electron chi connectivity index (χ1n) is 11.8. The minimum atomic E-state index is -1.09. The Labute approximate surface area is 177 Å². The van der Waals surface area contributed by atoms with Gasteiger partial charge >= 0.3 is 12.1 Å². The third-order valence-electron chi connectivity index (χ3n) is 9.73. The number of fused-ring (bicyclic) bond motifs is 4. The van der Waals surface area contributed by atoms with Gasteiger partial charge in [-0.3, -0.25) is 4.79 Å². The van der Waals surface area contributed by atoms with E-state index in [1.165, 1.54) is 12.8 Å². The molecule has 0 aromatic carbocycles. The molecule has 1 aliphatic heterocycles. The van der Waals surface area contributed by atoms with Crippen molar-refractivity contribution in [1.29, 1.82) is 0 Å². The van der Waals surface area contributed by atoms with Gasteiger partial charge in [-0.05, 0) is 81.5 Å². The molecule has 5 rings (SSSR count). The fraction of sp³-hybridized carbons (Fsp3) is 0.913. The van der Waals surface area contributed by atoms with E-state index in [1.54, 1.807) is 0 Å². The van der Waals surface area contributed by atoms with Crippen LogP contribution in [0.4, 0.5) is 4.79 Å². The highest BCUT2D eigenvalue weighted by Crippen LogP contribution is 2.69. The molecule has 1 spiro atoms. The maximum atomic E-state index is 12.3. The Hall–Kier alpha value is -1.34. The monoisotopic (exact) mass is 421 g/mol. The first-order chi connectivity index (χ1) is 14.2. The van der Waals surface area contributed by atoms with Gasteiger partial charge in [-0.25, -0.2) is 4.79 Å².